The van der Waals surface area contributed by atoms with Crippen molar-refractivity contribution in [3.63, 3.8) is 0 Å². The minimum Gasteiger partial charge on any atom is -0.268 e. The number of aromatic nitrogens is 2. The summed E-state index contributed by atoms with van der Waals surface area (Å²) in [5, 5.41) is 4.21. The van der Waals surface area contributed by atoms with Crippen LogP contribution in [0.1, 0.15) is 0 Å². The van der Waals surface area contributed by atoms with Gasteiger partial charge in [0, 0.05) is 12.1 Å². The molecule has 42 valence electrons. The molecule has 0 atom stereocenters. The molecular formula is C4H4N2O2Zn+2. The van der Waals surface area contributed by atoms with E-state index in [2.05, 4.69) is 10.2 Å². The number of rotatable bonds is 0. The van der Waals surface area contributed by atoms with E-state index in [1.807, 2.05) is 0 Å². The number of nitrogens with one attached hydrogen (secondary N) is 2. The van der Waals surface area contributed by atoms with Gasteiger partial charge in [-0.1, -0.05) is 0 Å². The fraction of sp³-hybridized carbons (Fsp3) is 0. The minimum atomic E-state index is -0.301. The standard InChI is InChI=1S/C4H4N2O2.Zn/c7-3-1-2-4(8)6-5-3;/h1-2H,(H,5,7)(H,6,8);/q;+2. The minimum absolute atomic E-state index is 0. The van der Waals surface area contributed by atoms with E-state index >= 15 is 0 Å². The maximum Gasteiger partial charge on any atom is 2.00 e. The Hall–Kier alpha value is -0.697. The summed E-state index contributed by atoms with van der Waals surface area (Å²) >= 11 is 0. The molecule has 5 heteroatoms. The van der Waals surface area contributed by atoms with E-state index in [-0.39, 0.29) is 30.6 Å². The molecule has 0 saturated carbocycles. The first-order chi connectivity index (χ1) is 3.79. The smallest absolute Gasteiger partial charge is 0.268 e. The maximum absolute atomic E-state index is 10.2. The van der Waals surface area contributed by atoms with Crippen LogP contribution in [0, 0.1) is 0 Å². The van der Waals surface area contributed by atoms with Crippen molar-refractivity contribution in [2.75, 3.05) is 0 Å². The van der Waals surface area contributed by atoms with Gasteiger partial charge in [-0.3, -0.25) is 19.8 Å². The average Bonchev–Trinajstić information content (AvgIpc) is 1.77. The van der Waals surface area contributed by atoms with Crippen LogP contribution >= 0.6 is 0 Å². The molecule has 0 aliphatic heterocycles. The Labute approximate surface area is 63.0 Å². The van der Waals surface area contributed by atoms with Gasteiger partial charge in [0.1, 0.15) is 0 Å². The molecule has 0 amide bonds. The third kappa shape index (κ3) is 2.37. The molecule has 0 fully saturated rings. The van der Waals surface area contributed by atoms with Crippen LogP contribution in [-0.2, 0) is 19.5 Å². The predicted molar refractivity (Wildman–Crippen MR) is 27.7 cm³/mol. The molecule has 4 nitrogen and oxygen atoms in total. The molecule has 0 radical (unpaired) electrons. The van der Waals surface area contributed by atoms with Crippen LogP contribution in [0.5, 0.6) is 0 Å². The van der Waals surface area contributed by atoms with E-state index in [0.717, 1.165) is 0 Å². The summed E-state index contributed by atoms with van der Waals surface area (Å²) in [5.74, 6) is 0. The Kier molecular flexibility index (Phi) is 3.09. The molecule has 0 saturated heterocycles. The van der Waals surface area contributed by atoms with Crippen LogP contribution in [0.2, 0.25) is 0 Å². The van der Waals surface area contributed by atoms with E-state index in [1.165, 1.54) is 12.1 Å². The zero-order valence-corrected chi connectivity index (χ0v) is 7.65. The van der Waals surface area contributed by atoms with E-state index in [9.17, 15) is 9.59 Å². The van der Waals surface area contributed by atoms with Crippen LogP contribution in [0.4, 0.5) is 0 Å². The van der Waals surface area contributed by atoms with Gasteiger partial charge in [0.25, 0.3) is 11.1 Å². The summed E-state index contributed by atoms with van der Waals surface area (Å²) in [6.07, 6.45) is 0. The number of hydrogen-bond acceptors (Lipinski definition) is 2. The molecule has 0 spiro atoms. The van der Waals surface area contributed by atoms with Gasteiger partial charge in [-0.2, -0.15) is 0 Å². The second-order valence-corrected chi connectivity index (χ2v) is 1.31. The van der Waals surface area contributed by atoms with Gasteiger partial charge in [-0.05, 0) is 0 Å². The van der Waals surface area contributed by atoms with Crippen molar-refractivity contribution in [2.45, 2.75) is 0 Å². The van der Waals surface area contributed by atoms with Crippen molar-refractivity contribution in [1.82, 2.24) is 10.2 Å². The zero-order chi connectivity index (χ0) is 5.98. The number of aromatic amines is 2. The summed E-state index contributed by atoms with van der Waals surface area (Å²) in [7, 11) is 0. The molecule has 1 aromatic heterocycles. The molecule has 1 heterocycles. The second-order valence-electron chi connectivity index (χ2n) is 1.31. The topological polar surface area (TPSA) is 65.7 Å². The van der Waals surface area contributed by atoms with E-state index in [0.29, 0.717) is 0 Å². The quantitative estimate of drug-likeness (QED) is 0.503. The number of hydrogen-bond donors (Lipinski definition) is 2. The van der Waals surface area contributed by atoms with Crippen molar-refractivity contribution >= 4 is 0 Å². The molecule has 0 aliphatic carbocycles. The summed E-state index contributed by atoms with van der Waals surface area (Å²) < 4.78 is 0. The number of H-pyrrole nitrogens is 2. The first-order valence-electron chi connectivity index (χ1n) is 2.07. The van der Waals surface area contributed by atoms with Gasteiger partial charge in [0.05, 0.1) is 0 Å². The van der Waals surface area contributed by atoms with Crippen LogP contribution in [0.15, 0.2) is 21.7 Å². The molecule has 9 heavy (non-hydrogen) atoms. The fourth-order valence-electron chi connectivity index (χ4n) is 0.358. The molecule has 1 aromatic rings. The molecule has 0 unspecified atom stereocenters. The van der Waals surface area contributed by atoms with Crippen LogP contribution < -0.4 is 11.1 Å². The SMILES string of the molecule is O=c1ccc(=O)[nH][nH]1.[Zn+2]. The van der Waals surface area contributed by atoms with Crippen molar-refractivity contribution in [3.8, 4) is 0 Å². The second kappa shape index (κ2) is 3.35. The van der Waals surface area contributed by atoms with Crippen LogP contribution in [0.3, 0.4) is 0 Å². The molecule has 0 aliphatic rings. The normalized spacial score (nSPS) is 8.00. The summed E-state index contributed by atoms with van der Waals surface area (Å²) in [4.78, 5) is 20.4. The van der Waals surface area contributed by atoms with Crippen LogP contribution in [-0.4, -0.2) is 10.2 Å². The Morgan fingerprint density at radius 3 is 1.56 bits per heavy atom. The zero-order valence-electron chi connectivity index (χ0n) is 4.68. The van der Waals surface area contributed by atoms with Crippen molar-refractivity contribution in [3.05, 3.63) is 32.8 Å². The van der Waals surface area contributed by atoms with Gasteiger partial charge in [0.2, 0.25) is 0 Å². The van der Waals surface area contributed by atoms with Gasteiger partial charge >= 0.3 is 19.5 Å². The fourth-order valence-corrected chi connectivity index (χ4v) is 0.358. The third-order valence-electron chi connectivity index (χ3n) is 0.695. The summed E-state index contributed by atoms with van der Waals surface area (Å²) in [6.45, 7) is 0. The molecular weight excluding hydrogens is 173 g/mol. The predicted octanol–water partition coefficient (Wildman–Crippen LogP) is -0.939. The Morgan fingerprint density at radius 1 is 1.00 bits per heavy atom. The van der Waals surface area contributed by atoms with Gasteiger partial charge < -0.3 is 0 Å². The monoisotopic (exact) mass is 176 g/mol. The van der Waals surface area contributed by atoms with Gasteiger partial charge in [0.15, 0.2) is 0 Å². The summed E-state index contributed by atoms with van der Waals surface area (Å²) in [5.41, 5.74) is -0.603. The maximum atomic E-state index is 10.2. The van der Waals surface area contributed by atoms with E-state index < -0.39 is 0 Å². The van der Waals surface area contributed by atoms with Crippen molar-refractivity contribution in [1.29, 1.82) is 0 Å². The van der Waals surface area contributed by atoms with Crippen molar-refractivity contribution < 1.29 is 19.5 Å². The van der Waals surface area contributed by atoms with Crippen molar-refractivity contribution in [2.24, 2.45) is 0 Å². The van der Waals surface area contributed by atoms with Gasteiger partial charge in [-0.15, -0.1) is 0 Å². The Morgan fingerprint density at radius 2 is 1.33 bits per heavy atom. The largest absolute Gasteiger partial charge is 2.00 e. The van der Waals surface area contributed by atoms with Crippen LogP contribution in [0.25, 0.3) is 0 Å². The molecule has 0 aromatic carbocycles. The summed E-state index contributed by atoms with van der Waals surface area (Å²) in [6, 6.07) is 2.33. The first-order valence-corrected chi connectivity index (χ1v) is 2.07. The van der Waals surface area contributed by atoms with E-state index in [4.69, 9.17) is 0 Å². The van der Waals surface area contributed by atoms with E-state index in [1.54, 1.807) is 0 Å². The molecule has 0 bridgehead atoms. The third-order valence-corrected chi connectivity index (χ3v) is 0.695. The Balaban J connectivity index is 0.000000640. The Bertz CT molecular complexity index is 224. The van der Waals surface area contributed by atoms with Gasteiger partial charge in [-0.25, -0.2) is 0 Å². The first kappa shape index (κ1) is 8.30. The molecule has 1 rings (SSSR count). The average molecular weight is 177 g/mol. The molecule has 2 N–H and O–H groups in total.